The number of hydrogen-bond acceptors (Lipinski definition) is 3. The zero-order valence-electron chi connectivity index (χ0n) is 12.8. The van der Waals surface area contributed by atoms with E-state index in [1.54, 1.807) is 0 Å². The Bertz CT molecular complexity index is 428. The maximum absolute atomic E-state index is 3.99. The van der Waals surface area contributed by atoms with E-state index in [1.165, 1.54) is 5.19 Å². The van der Waals surface area contributed by atoms with Crippen molar-refractivity contribution in [1.29, 1.82) is 0 Å². The van der Waals surface area contributed by atoms with Crippen molar-refractivity contribution in [2.45, 2.75) is 39.3 Å². The fourth-order valence-corrected chi connectivity index (χ4v) is 28.4. The average molecular weight is 324 g/mol. The first-order valence-electron chi connectivity index (χ1n) is 6.83. The predicted molar refractivity (Wildman–Crippen MR) is 92.4 cm³/mol. The molecule has 2 rings (SSSR count). The molecule has 0 aliphatic carbocycles. The van der Waals surface area contributed by atoms with Crippen molar-refractivity contribution < 1.29 is 0 Å². The van der Waals surface area contributed by atoms with Crippen molar-refractivity contribution in [2.24, 2.45) is 0 Å². The summed E-state index contributed by atoms with van der Waals surface area (Å²) in [4.78, 5) is 0. The minimum Gasteiger partial charge on any atom is -0.343 e. The zero-order valence-corrected chi connectivity index (χ0v) is 16.8. The molecule has 1 fully saturated rings. The molecule has 1 aromatic carbocycles. The molecule has 0 atom stereocenters. The van der Waals surface area contributed by atoms with Crippen LogP contribution in [0.1, 0.15) is 0 Å². The largest absolute Gasteiger partial charge is 0.343 e. The maximum atomic E-state index is 3.99. The minimum atomic E-state index is -1.52. The van der Waals surface area contributed by atoms with Crippen molar-refractivity contribution in [2.75, 3.05) is 0 Å². The minimum absolute atomic E-state index is 0.787. The van der Waals surface area contributed by atoms with Gasteiger partial charge in [0, 0.05) is 0 Å². The van der Waals surface area contributed by atoms with E-state index in [0.29, 0.717) is 0 Å². The molecule has 19 heavy (non-hydrogen) atoms. The lowest BCUT2D eigenvalue weighted by atomic mass is 10.4. The molecule has 0 unspecified atom stereocenters. The molecule has 0 amide bonds. The van der Waals surface area contributed by atoms with E-state index in [9.17, 15) is 0 Å². The summed E-state index contributed by atoms with van der Waals surface area (Å²) < 4.78 is 10.8. The van der Waals surface area contributed by atoms with Crippen LogP contribution in [0.2, 0.25) is 39.3 Å². The van der Waals surface area contributed by atoms with Crippen LogP contribution in [0.3, 0.4) is 0 Å². The van der Waals surface area contributed by atoms with Crippen molar-refractivity contribution in [3.05, 3.63) is 30.3 Å². The van der Waals surface area contributed by atoms with Crippen LogP contribution in [0.25, 0.3) is 0 Å². The lowest BCUT2D eigenvalue weighted by molar-refractivity contribution is 0.847. The monoisotopic (exact) mass is 323 g/mol. The number of nitrogens with zero attached hydrogens (tertiary/aromatic N) is 1. The summed E-state index contributed by atoms with van der Waals surface area (Å²) in [5.41, 5.74) is 0. The standard InChI is InChI=1S/C12H25N3Si4/c1-17(2)13-18(3,4)15(19(5,6)14-17)16-12-10-8-7-9-11-12/h7-11,13-14H,1-6H3. The zero-order chi connectivity index (χ0) is 14.3. The van der Waals surface area contributed by atoms with Crippen LogP contribution in [0, 0.1) is 0 Å². The molecule has 1 aromatic rings. The molecule has 7 heteroatoms. The average Bonchev–Trinajstić information content (AvgIpc) is 2.22. The van der Waals surface area contributed by atoms with Gasteiger partial charge >= 0.3 is 0 Å². The summed E-state index contributed by atoms with van der Waals surface area (Å²) in [6.07, 6.45) is 0. The molecule has 0 aromatic heterocycles. The topological polar surface area (TPSA) is 27.3 Å². The smallest absolute Gasteiger partial charge is 0.183 e. The lowest BCUT2D eigenvalue weighted by Crippen LogP contribution is -2.89. The SMILES string of the molecule is C[Si]1(C)N[Si](C)(C)N([Si]c2ccccc2)[Si](C)(C)N1. The molecule has 0 bridgehead atoms. The van der Waals surface area contributed by atoms with E-state index >= 15 is 0 Å². The van der Waals surface area contributed by atoms with E-state index < -0.39 is 25.2 Å². The van der Waals surface area contributed by atoms with Crippen LogP contribution in [0.15, 0.2) is 30.3 Å². The maximum Gasteiger partial charge on any atom is 0.183 e. The Labute approximate surface area is 123 Å². The molecule has 1 aliphatic rings. The van der Waals surface area contributed by atoms with Crippen LogP contribution < -0.4 is 14.5 Å². The van der Waals surface area contributed by atoms with E-state index in [0.717, 1.165) is 9.68 Å². The molecule has 104 valence electrons. The third-order valence-electron chi connectivity index (χ3n) is 3.37. The van der Waals surface area contributed by atoms with Gasteiger partial charge in [0.2, 0.25) is 0 Å². The molecule has 2 radical (unpaired) electrons. The summed E-state index contributed by atoms with van der Waals surface area (Å²) in [5, 5.41) is 1.45. The van der Waals surface area contributed by atoms with Gasteiger partial charge in [-0.25, -0.2) is 0 Å². The fraction of sp³-hybridized carbons (Fsp3) is 0.500. The number of rotatable bonds is 2. The molecule has 3 nitrogen and oxygen atoms in total. The van der Waals surface area contributed by atoms with Gasteiger partial charge in [-0.1, -0.05) is 30.3 Å². The first kappa shape index (κ1) is 15.4. The third-order valence-corrected chi connectivity index (χ3v) is 23.7. The lowest BCUT2D eigenvalue weighted by Gasteiger charge is -2.57. The van der Waals surface area contributed by atoms with Crippen molar-refractivity contribution in [3.63, 3.8) is 0 Å². The highest BCUT2D eigenvalue weighted by molar-refractivity contribution is 7.08. The second-order valence-corrected chi connectivity index (χ2v) is 21.8. The Morgan fingerprint density at radius 2 is 1.32 bits per heavy atom. The first-order chi connectivity index (χ1) is 8.62. The third kappa shape index (κ3) is 3.54. The number of nitrogens with one attached hydrogen (secondary N) is 2. The summed E-state index contributed by atoms with van der Waals surface area (Å²) in [5.74, 6) is 0. The molecule has 0 spiro atoms. The van der Waals surface area contributed by atoms with E-state index in [2.05, 4.69) is 82.8 Å². The molecule has 0 saturated carbocycles. The number of hydrogen-bond donors (Lipinski definition) is 2. The Kier molecular flexibility index (Phi) is 4.09. The number of benzene rings is 1. The van der Waals surface area contributed by atoms with Crippen molar-refractivity contribution in [3.8, 4) is 0 Å². The van der Waals surface area contributed by atoms with E-state index in [1.807, 2.05) is 0 Å². The van der Waals surface area contributed by atoms with Gasteiger partial charge in [0.1, 0.15) is 0 Å². The van der Waals surface area contributed by atoms with Crippen LogP contribution in [-0.4, -0.2) is 38.8 Å². The van der Waals surface area contributed by atoms with E-state index in [-0.39, 0.29) is 0 Å². The fourth-order valence-electron chi connectivity index (χ4n) is 3.29. The summed E-state index contributed by atoms with van der Waals surface area (Å²) >= 11 is 0. The Morgan fingerprint density at radius 3 is 1.79 bits per heavy atom. The first-order valence-corrected chi connectivity index (χ1v) is 16.7. The molecule has 2 N–H and O–H groups in total. The molecular formula is C12H25N3Si4. The van der Waals surface area contributed by atoms with Crippen LogP contribution in [0.5, 0.6) is 0 Å². The van der Waals surface area contributed by atoms with Crippen LogP contribution in [0.4, 0.5) is 0 Å². The highest BCUT2D eigenvalue weighted by Gasteiger charge is 2.51. The quantitative estimate of drug-likeness (QED) is 0.808. The Hall–Kier alpha value is -0.0325. The summed E-state index contributed by atoms with van der Waals surface area (Å²) in [7, 11) is -3.68. The second-order valence-electron chi connectivity index (χ2n) is 6.81. The van der Waals surface area contributed by atoms with Gasteiger partial charge in [-0.15, -0.1) is 0 Å². The van der Waals surface area contributed by atoms with Gasteiger partial charge in [0.05, 0.1) is 0 Å². The normalized spacial score (nSPS) is 25.2. The van der Waals surface area contributed by atoms with Gasteiger partial charge < -0.3 is 13.2 Å². The van der Waals surface area contributed by atoms with Crippen LogP contribution in [-0.2, 0) is 0 Å². The van der Waals surface area contributed by atoms with Gasteiger partial charge in [0.25, 0.3) is 0 Å². The van der Waals surface area contributed by atoms with Crippen LogP contribution >= 0.6 is 0 Å². The molecule has 1 heterocycles. The Balaban J connectivity index is 2.27. The molecule has 1 saturated heterocycles. The van der Waals surface area contributed by atoms with Crippen molar-refractivity contribution >= 4 is 40.1 Å². The summed E-state index contributed by atoms with van der Waals surface area (Å²) in [6.45, 7) is 14.7. The highest BCUT2D eigenvalue weighted by Crippen LogP contribution is 2.22. The summed E-state index contributed by atoms with van der Waals surface area (Å²) in [6, 6.07) is 10.9. The van der Waals surface area contributed by atoms with Gasteiger partial charge in [-0.05, 0) is 44.5 Å². The highest BCUT2D eigenvalue weighted by atomic mass is 28.5. The van der Waals surface area contributed by atoms with Gasteiger partial charge in [-0.3, -0.25) is 0 Å². The Morgan fingerprint density at radius 1 is 0.842 bits per heavy atom. The van der Waals surface area contributed by atoms with Gasteiger partial charge in [-0.2, -0.15) is 0 Å². The molecular weight excluding hydrogens is 298 g/mol. The second kappa shape index (κ2) is 5.06. The van der Waals surface area contributed by atoms with Crippen molar-refractivity contribution in [1.82, 2.24) is 13.2 Å². The predicted octanol–water partition coefficient (Wildman–Crippen LogP) is 1.53. The molecule has 1 aliphatic heterocycles. The van der Waals surface area contributed by atoms with Gasteiger partial charge in [0.15, 0.2) is 34.9 Å². The van der Waals surface area contributed by atoms with E-state index in [4.69, 9.17) is 0 Å².